The van der Waals surface area contributed by atoms with Crippen LogP contribution < -0.4 is 0 Å². The van der Waals surface area contributed by atoms with Crippen molar-refractivity contribution >= 4 is 26.0 Å². The molecule has 0 aliphatic carbocycles. The Bertz CT molecular complexity index is 509. The Labute approximate surface area is 126 Å². The molecule has 1 rings (SSSR count). The van der Waals surface area contributed by atoms with Gasteiger partial charge in [-0.2, -0.15) is 0 Å². The molecule has 0 heterocycles. The first-order chi connectivity index (χ1) is 8.92. The molecule has 0 N–H and O–H groups in total. The van der Waals surface area contributed by atoms with Crippen molar-refractivity contribution in [2.24, 2.45) is 0 Å². The minimum atomic E-state index is -3.20. The summed E-state index contributed by atoms with van der Waals surface area (Å²) >= 11 is 0. The van der Waals surface area contributed by atoms with Gasteiger partial charge in [0.05, 0.1) is 10.1 Å². The Morgan fingerprint density at radius 1 is 0.850 bits per heavy atom. The maximum Gasteiger partial charge on any atom is 0.180 e. The van der Waals surface area contributed by atoms with E-state index >= 15 is 0 Å². The van der Waals surface area contributed by atoms with E-state index in [1.807, 2.05) is 18.2 Å². The molecule has 0 spiro atoms. The van der Waals surface area contributed by atoms with Crippen LogP contribution in [0.5, 0.6) is 0 Å². The Morgan fingerprint density at radius 3 is 1.60 bits per heavy atom. The van der Waals surface area contributed by atoms with E-state index in [0.717, 1.165) is 12.1 Å². The zero-order chi connectivity index (χ0) is 15.6. The van der Waals surface area contributed by atoms with Crippen molar-refractivity contribution in [1.29, 1.82) is 0 Å². The average Bonchev–Trinajstić information content (AvgIpc) is 2.25. The molecule has 5 heteroatoms. The van der Waals surface area contributed by atoms with E-state index in [4.69, 9.17) is 0 Å². The first-order valence-corrected chi connectivity index (χ1v) is 16.2. The Hall–Kier alpha value is -0.396. The third kappa shape index (κ3) is 5.54. The lowest BCUT2D eigenvalue weighted by Crippen LogP contribution is -2.37. The van der Waals surface area contributed by atoms with Crippen molar-refractivity contribution in [3.05, 3.63) is 30.3 Å². The van der Waals surface area contributed by atoms with Gasteiger partial charge in [-0.25, -0.2) is 8.42 Å². The smallest absolute Gasteiger partial charge is 0.180 e. The Morgan fingerprint density at radius 2 is 1.25 bits per heavy atom. The molecule has 0 atom stereocenters. The summed E-state index contributed by atoms with van der Waals surface area (Å²) in [5.74, 6) is 0. The topological polar surface area (TPSA) is 34.1 Å². The number of hydrogen-bond donors (Lipinski definition) is 0. The Balaban J connectivity index is 3.16. The molecule has 0 saturated carbocycles. The fourth-order valence-electron chi connectivity index (χ4n) is 2.46. The van der Waals surface area contributed by atoms with Crippen LogP contribution >= 0.6 is 0 Å². The van der Waals surface area contributed by atoms with Crippen molar-refractivity contribution in [3.8, 4) is 0 Å². The van der Waals surface area contributed by atoms with Crippen molar-refractivity contribution in [2.45, 2.75) is 61.5 Å². The van der Waals surface area contributed by atoms with Gasteiger partial charge in [0.1, 0.15) is 0 Å². The normalized spacial score (nSPS) is 13.8. The molecule has 2 nitrogen and oxygen atoms in total. The highest BCUT2D eigenvalue weighted by Gasteiger charge is 2.35. The molecule has 0 unspecified atom stereocenters. The second-order valence-electron chi connectivity index (χ2n) is 8.01. The van der Waals surface area contributed by atoms with Gasteiger partial charge in [0.25, 0.3) is 0 Å². The van der Waals surface area contributed by atoms with Crippen LogP contribution in [0.25, 0.3) is 0 Å². The van der Waals surface area contributed by atoms with Gasteiger partial charge >= 0.3 is 0 Å². The fourth-order valence-corrected chi connectivity index (χ4v) is 11.4. The predicted octanol–water partition coefficient (Wildman–Crippen LogP) is 4.51. The molecule has 0 saturated heterocycles. The molecule has 20 heavy (non-hydrogen) atoms. The summed E-state index contributed by atoms with van der Waals surface area (Å²) in [6.45, 7) is 13.5. The van der Waals surface area contributed by atoms with Crippen LogP contribution in [0.4, 0.5) is 0 Å². The standard InChI is InChI=1S/C15H28O2SSi2/c1-19(2,3)12-15(13-20(4,5)6)18(16,17)14-10-8-7-9-11-14/h7-11,15H,12-13H2,1-6H3. The molecule has 0 fully saturated rings. The third-order valence-electron chi connectivity index (χ3n) is 3.19. The lowest BCUT2D eigenvalue weighted by atomic mass is 10.4. The summed E-state index contributed by atoms with van der Waals surface area (Å²) in [4.78, 5) is 0.488. The molecule has 114 valence electrons. The molecule has 1 aromatic carbocycles. The highest BCUT2D eigenvalue weighted by molar-refractivity contribution is 7.92. The van der Waals surface area contributed by atoms with E-state index < -0.39 is 26.0 Å². The van der Waals surface area contributed by atoms with E-state index in [1.165, 1.54) is 0 Å². The molecule has 1 aromatic rings. The Kier molecular flexibility index (Phi) is 5.43. The number of sulfone groups is 1. The highest BCUT2D eigenvalue weighted by Crippen LogP contribution is 2.30. The van der Waals surface area contributed by atoms with Crippen LogP contribution in [0, 0.1) is 0 Å². The van der Waals surface area contributed by atoms with Crippen LogP contribution in [0.3, 0.4) is 0 Å². The lowest BCUT2D eigenvalue weighted by Gasteiger charge is -2.29. The second-order valence-corrected chi connectivity index (χ2v) is 21.3. The predicted molar refractivity (Wildman–Crippen MR) is 93.7 cm³/mol. The van der Waals surface area contributed by atoms with Gasteiger partial charge in [-0.3, -0.25) is 0 Å². The van der Waals surface area contributed by atoms with Gasteiger partial charge < -0.3 is 0 Å². The summed E-state index contributed by atoms with van der Waals surface area (Å²) < 4.78 is 25.9. The molecule has 0 aliphatic rings. The summed E-state index contributed by atoms with van der Waals surface area (Å²) in [5.41, 5.74) is 0. The second kappa shape index (κ2) is 6.16. The minimum Gasteiger partial charge on any atom is -0.223 e. The van der Waals surface area contributed by atoms with Gasteiger partial charge in [0.2, 0.25) is 0 Å². The van der Waals surface area contributed by atoms with Crippen LogP contribution in [0.2, 0.25) is 51.4 Å². The monoisotopic (exact) mass is 328 g/mol. The SMILES string of the molecule is C[Si](C)(C)CC(C[Si](C)(C)C)S(=O)(=O)c1ccccc1. The maximum absolute atomic E-state index is 12.9. The summed E-state index contributed by atoms with van der Waals surface area (Å²) in [7, 11) is -6.04. The molecular weight excluding hydrogens is 300 g/mol. The van der Waals surface area contributed by atoms with Crippen LogP contribution in [0.15, 0.2) is 35.2 Å². The van der Waals surface area contributed by atoms with Gasteiger partial charge in [-0.1, -0.05) is 57.5 Å². The van der Waals surface area contributed by atoms with Crippen molar-refractivity contribution < 1.29 is 8.42 Å². The van der Waals surface area contributed by atoms with Crippen LogP contribution in [0.1, 0.15) is 0 Å². The zero-order valence-corrected chi connectivity index (χ0v) is 16.4. The first kappa shape index (κ1) is 17.7. The summed E-state index contributed by atoms with van der Waals surface area (Å²) in [6, 6.07) is 10.7. The number of rotatable bonds is 6. The molecular formula is C15H28O2SSi2. The van der Waals surface area contributed by atoms with Gasteiger partial charge in [-0.15, -0.1) is 0 Å². The number of benzene rings is 1. The minimum absolute atomic E-state index is 0.205. The molecule has 0 bridgehead atoms. The van der Waals surface area contributed by atoms with Crippen molar-refractivity contribution in [1.82, 2.24) is 0 Å². The quantitative estimate of drug-likeness (QED) is 0.720. The zero-order valence-electron chi connectivity index (χ0n) is 13.6. The third-order valence-corrected chi connectivity index (χ3v) is 9.36. The molecule has 0 aliphatic heterocycles. The van der Waals surface area contributed by atoms with E-state index in [1.54, 1.807) is 12.1 Å². The summed E-state index contributed by atoms with van der Waals surface area (Å²) in [5, 5.41) is -0.205. The largest absolute Gasteiger partial charge is 0.223 e. The van der Waals surface area contributed by atoms with E-state index in [-0.39, 0.29) is 5.25 Å². The molecule has 0 amide bonds. The maximum atomic E-state index is 12.9. The van der Waals surface area contributed by atoms with Gasteiger partial charge in [-0.05, 0) is 24.2 Å². The van der Waals surface area contributed by atoms with Crippen LogP contribution in [-0.4, -0.2) is 29.8 Å². The van der Waals surface area contributed by atoms with Gasteiger partial charge in [0, 0.05) is 16.1 Å². The lowest BCUT2D eigenvalue weighted by molar-refractivity contribution is 0.586. The van der Waals surface area contributed by atoms with Crippen molar-refractivity contribution in [3.63, 3.8) is 0 Å². The number of hydrogen-bond acceptors (Lipinski definition) is 2. The van der Waals surface area contributed by atoms with E-state index in [9.17, 15) is 8.42 Å². The average molecular weight is 329 g/mol. The van der Waals surface area contributed by atoms with Gasteiger partial charge in [0.15, 0.2) is 9.84 Å². The van der Waals surface area contributed by atoms with E-state index in [0.29, 0.717) is 4.90 Å². The highest BCUT2D eigenvalue weighted by atomic mass is 32.2. The molecule has 0 aromatic heterocycles. The fraction of sp³-hybridized carbons (Fsp3) is 0.600. The van der Waals surface area contributed by atoms with Crippen molar-refractivity contribution in [2.75, 3.05) is 0 Å². The van der Waals surface area contributed by atoms with Crippen LogP contribution in [-0.2, 0) is 9.84 Å². The summed E-state index contributed by atoms with van der Waals surface area (Å²) in [6.07, 6.45) is 0. The first-order valence-electron chi connectivity index (χ1n) is 7.21. The van der Waals surface area contributed by atoms with E-state index in [2.05, 4.69) is 39.3 Å². The molecule has 0 radical (unpaired) electrons.